The second-order valence-electron chi connectivity index (χ2n) is 4.07. The molecule has 2 aromatic carbocycles. The Hall–Kier alpha value is -2.11. The van der Waals surface area contributed by atoms with Crippen LogP contribution in [0.2, 0.25) is 10.0 Å². The predicted octanol–water partition coefficient (Wildman–Crippen LogP) is 4.35. The fourth-order valence-corrected chi connectivity index (χ4v) is 1.92. The third kappa shape index (κ3) is 3.71. The van der Waals surface area contributed by atoms with Crippen molar-refractivity contribution in [3.05, 3.63) is 46.4 Å². The van der Waals surface area contributed by atoms with Crippen LogP contribution in [-0.2, 0) is 0 Å². The Balaban J connectivity index is 2.06. The normalized spacial score (nSPS) is 10.0. The summed E-state index contributed by atoms with van der Waals surface area (Å²) in [5.74, 6) is 0.400. The third-order valence-corrected chi connectivity index (χ3v) is 3.46. The quantitative estimate of drug-likeness (QED) is 0.734. The second kappa shape index (κ2) is 6.56. The van der Waals surface area contributed by atoms with Gasteiger partial charge in [0.1, 0.15) is 10.8 Å². The number of hydrogen-bond acceptors (Lipinski definition) is 3. The highest BCUT2D eigenvalue weighted by Gasteiger charge is 2.12. The van der Waals surface area contributed by atoms with Crippen molar-refractivity contribution in [3.8, 4) is 11.5 Å². The van der Waals surface area contributed by atoms with Crippen LogP contribution in [0.25, 0.3) is 0 Å². The molecule has 0 heterocycles. The minimum atomic E-state index is -0.520. The monoisotopic (exact) mass is 326 g/mol. The second-order valence-corrected chi connectivity index (χ2v) is 4.85. The molecule has 0 bridgehead atoms. The van der Waals surface area contributed by atoms with E-state index in [0.717, 1.165) is 0 Å². The SMILES string of the molecule is COc1ccc(NC(=O)Nc2ccc(Cl)c(Cl)c2O)cc1. The van der Waals surface area contributed by atoms with Crippen molar-refractivity contribution in [2.75, 3.05) is 17.7 Å². The Labute approximate surface area is 131 Å². The zero-order valence-electron chi connectivity index (χ0n) is 11.0. The molecule has 0 spiro atoms. The molecule has 110 valence electrons. The lowest BCUT2D eigenvalue weighted by molar-refractivity contribution is 0.262. The number of carbonyl (C=O) groups is 1. The fourth-order valence-electron chi connectivity index (χ4n) is 1.60. The third-order valence-electron chi connectivity index (χ3n) is 2.67. The Bertz CT molecular complexity index is 660. The number of anilines is 2. The van der Waals surface area contributed by atoms with E-state index >= 15 is 0 Å². The number of phenols is 1. The molecule has 5 nitrogen and oxygen atoms in total. The molecular weight excluding hydrogens is 315 g/mol. The maximum Gasteiger partial charge on any atom is 0.323 e. The summed E-state index contributed by atoms with van der Waals surface area (Å²) in [5.41, 5.74) is 0.739. The molecule has 0 aromatic heterocycles. The average molecular weight is 327 g/mol. The van der Waals surface area contributed by atoms with Gasteiger partial charge in [-0.3, -0.25) is 0 Å². The van der Waals surface area contributed by atoms with Crippen molar-refractivity contribution in [2.24, 2.45) is 0 Å². The zero-order valence-corrected chi connectivity index (χ0v) is 12.5. The van der Waals surface area contributed by atoms with Gasteiger partial charge in [-0.2, -0.15) is 0 Å². The fraction of sp³-hybridized carbons (Fsp3) is 0.0714. The number of nitrogens with one attached hydrogen (secondary N) is 2. The summed E-state index contributed by atoms with van der Waals surface area (Å²) in [5, 5.41) is 15.1. The van der Waals surface area contributed by atoms with Crippen LogP contribution in [0.5, 0.6) is 11.5 Å². The first-order valence-electron chi connectivity index (χ1n) is 5.90. The Morgan fingerprint density at radius 1 is 1.10 bits per heavy atom. The number of amides is 2. The summed E-state index contributed by atoms with van der Waals surface area (Å²) in [4.78, 5) is 11.8. The van der Waals surface area contributed by atoms with E-state index in [9.17, 15) is 9.90 Å². The van der Waals surface area contributed by atoms with Crippen molar-refractivity contribution in [2.45, 2.75) is 0 Å². The number of methoxy groups -OCH3 is 1. The molecule has 0 aliphatic rings. The number of hydrogen-bond donors (Lipinski definition) is 3. The summed E-state index contributed by atoms with van der Waals surface area (Å²) in [6, 6.07) is 9.22. The van der Waals surface area contributed by atoms with E-state index in [-0.39, 0.29) is 21.5 Å². The van der Waals surface area contributed by atoms with Gasteiger partial charge in [-0.15, -0.1) is 0 Å². The van der Waals surface area contributed by atoms with E-state index in [1.165, 1.54) is 12.1 Å². The molecule has 0 aliphatic carbocycles. The lowest BCUT2D eigenvalue weighted by Gasteiger charge is -2.10. The molecule has 0 atom stereocenters. The first-order chi connectivity index (χ1) is 10.0. The number of urea groups is 1. The molecule has 0 saturated carbocycles. The van der Waals surface area contributed by atoms with Crippen molar-refractivity contribution >= 4 is 40.6 Å². The number of halogens is 2. The largest absolute Gasteiger partial charge is 0.504 e. The Morgan fingerprint density at radius 2 is 1.76 bits per heavy atom. The molecule has 2 aromatic rings. The van der Waals surface area contributed by atoms with Crippen LogP contribution in [0.4, 0.5) is 16.2 Å². The van der Waals surface area contributed by atoms with Crippen molar-refractivity contribution in [1.29, 1.82) is 0 Å². The van der Waals surface area contributed by atoms with Crippen LogP contribution in [-0.4, -0.2) is 18.2 Å². The highest BCUT2D eigenvalue weighted by atomic mass is 35.5. The molecule has 0 saturated heterocycles. The lowest BCUT2D eigenvalue weighted by atomic mass is 10.3. The zero-order chi connectivity index (χ0) is 15.4. The molecule has 0 unspecified atom stereocenters. The number of phenolic OH excluding ortho intramolecular Hbond substituents is 1. The van der Waals surface area contributed by atoms with Crippen LogP contribution in [0, 0.1) is 0 Å². The molecular formula is C14H12Cl2N2O3. The smallest absolute Gasteiger partial charge is 0.323 e. The van der Waals surface area contributed by atoms with E-state index in [1.54, 1.807) is 31.4 Å². The summed E-state index contributed by atoms with van der Waals surface area (Å²) < 4.78 is 5.02. The number of carbonyl (C=O) groups excluding carboxylic acids is 1. The van der Waals surface area contributed by atoms with Gasteiger partial charge in [0.2, 0.25) is 0 Å². The molecule has 0 fully saturated rings. The topological polar surface area (TPSA) is 70.6 Å². The average Bonchev–Trinajstić information content (AvgIpc) is 2.49. The van der Waals surface area contributed by atoms with E-state index in [1.807, 2.05) is 0 Å². The maximum atomic E-state index is 11.8. The highest BCUT2D eigenvalue weighted by Crippen LogP contribution is 2.37. The van der Waals surface area contributed by atoms with Gasteiger partial charge in [-0.1, -0.05) is 23.2 Å². The minimum absolute atomic E-state index is 0.0149. The number of rotatable bonds is 3. The number of benzene rings is 2. The molecule has 0 aliphatic heterocycles. The van der Waals surface area contributed by atoms with Gasteiger partial charge in [0.05, 0.1) is 17.8 Å². The highest BCUT2D eigenvalue weighted by molar-refractivity contribution is 6.43. The van der Waals surface area contributed by atoms with Crippen molar-refractivity contribution in [1.82, 2.24) is 0 Å². The van der Waals surface area contributed by atoms with Crippen molar-refractivity contribution in [3.63, 3.8) is 0 Å². The molecule has 3 N–H and O–H groups in total. The first-order valence-corrected chi connectivity index (χ1v) is 6.66. The molecule has 2 rings (SSSR count). The van der Waals surface area contributed by atoms with Crippen molar-refractivity contribution < 1.29 is 14.6 Å². The van der Waals surface area contributed by atoms with Gasteiger partial charge < -0.3 is 20.5 Å². The molecule has 2 amide bonds. The summed E-state index contributed by atoms with van der Waals surface area (Å²) >= 11 is 11.5. The van der Waals surface area contributed by atoms with Gasteiger partial charge in [-0.25, -0.2) is 4.79 Å². The Morgan fingerprint density at radius 3 is 2.38 bits per heavy atom. The molecule has 7 heteroatoms. The van der Waals surface area contributed by atoms with Crippen LogP contribution in [0.3, 0.4) is 0 Å². The maximum absolute atomic E-state index is 11.8. The van der Waals surface area contributed by atoms with E-state index < -0.39 is 6.03 Å². The van der Waals surface area contributed by atoms with Gasteiger partial charge in [0.25, 0.3) is 0 Å². The van der Waals surface area contributed by atoms with Gasteiger partial charge >= 0.3 is 6.03 Å². The summed E-state index contributed by atoms with van der Waals surface area (Å²) in [7, 11) is 1.56. The number of aromatic hydroxyl groups is 1. The van der Waals surface area contributed by atoms with E-state index in [2.05, 4.69) is 10.6 Å². The summed E-state index contributed by atoms with van der Waals surface area (Å²) in [6.45, 7) is 0. The van der Waals surface area contributed by atoms with Crippen LogP contribution >= 0.6 is 23.2 Å². The van der Waals surface area contributed by atoms with Crippen LogP contribution < -0.4 is 15.4 Å². The first kappa shape index (κ1) is 15.3. The molecule has 0 radical (unpaired) electrons. The van der Waals surface area contributed by atoms with Gasteiger partial charge in [0, 0.05) is 5.69 Å². The number of ether oxygens (including phenoxy) is 1. The predicted molar refractivity (Wildman–Crippen MR) is 83.8 cm³/mol. The van der Waals surface area contributed by atoms with Crippen LogP contribution in [0.1, 0.15) is 0 Å². The lowest BCUT2D eigenvalue weighted by Crippen LogP contribution is -2.19. The van der Waals surface area contributed by atoms with E-state index in [0.29, 0.717) is 11.4 Å². The van der Waals surface area contributed by atoms with Crippen LogP contribution in [0.15, 0.2) is 36.4 Å². The Kier molecular flexibility index (Phi) is 4.77. The standard InChI is InChI=1S/C14H12Cl2N2O3/c1-21-9-4-2-8(3-5-9)17-14(20)18-11-7-6-10(15)12(16)13(11)19/h2-7,19H,1H3,(H2,17,18,20). The van der Waals surface area contributed by atoms with Gasteiger partial charge in [-0.05, 0) is 36.4 Å². The minimum Gasteiger partial charge on any atom is -0.504 e. The summed E-state index contributed by atoms with van der Waals surface area (Å²) in [6.07, 6.45) is 0. The van der Waals surface area contributed by atoms with E-state index in [4.69, 9.17) is 27.9 Å². The molecule has 21 heavy (non-hydrogen) atoms. The van der Waals surface area contributed by atoms with Gasteiger partial charge in [0.15, 0.2) is 5.75 Å².